The van der Waals surface area contributed by atoms with Crippen molar-refractivity contribution in [1.29, 1.82) is 0 Å². The number of hydrogen-bond acceptors (Lipinski definition) is 3. The first kappa shape index (κ1) is 6.97. The fraction of sp³-hybridized carbons (Fsp3) is 0.667. The van der Waals surface area contributed by atoms with Gasteiger partial charge < -0.3 is 0 Å². The number of halogens is 3. The number of rotatable bonds is 0. The van der Waals surface area contributed by atoms with Crippen molar-refractivity contribution in [3.63, 3.8) is 0 Å². The second-order valence-electron chi connectivity index (χ2n) is 1.61. The number of tetrazole rings is 1. The largest absolute Gasteiger partial charge is 0.507 e. The molecular formula is C3H3F3N4. The molecule has 0 N–H and O–H groups in total. The minimum atomic E-state index is -4.51. The average Bonchev–Trinajstić information content (AvgIpc) is 2.11. The summed E-state index contributed by atoms with van der Waals surface area (Å²) in [4.78, 5) is 0. The van der Waals surface area contributed by atoms with Gasteiger partial charge in [-0.2, -0.15) is 0 Å². The highest BCUT2D eigenvalue weighted by Crippen LogP contribution is 2.20. The first-order valence-corrected chi connectivity index (χ1v) is 2.34. The van der Waals surface area contributed by atoms with Crippen molar-refractivity contribution in [3.05, 3.63) is 5.82 Å². The van der Waals surface area contributed by atoms with Crippen molar-refractivity contribution in [2.24, 2.45) is 0 Å². The summed E-state index contributed by atoms with van der Waals surface area (Å²) < 4.78 is 34.9. The lowest BCUT2D eigenvalue weighted by atomic mass is 10.7. The molecule has 0 aromatic carbocycles. The van der Waals surface area contributed by atoms with Crippen molar-refractivity contribution in [2.45, 2.75) is 13.2 Å². The molecule has 0 atom stereocenters. The van der Waals surface area contributed by atoms with E-state index in [2.05, 4.69) is 15.5 Å². The van der Waals surface area contributed by atoms with Gasteiger partial charge in [0.2, 0.25) is 0 Å². The van der Waals surface area contributed by atoms with Crippen molar-refractivity contribution in [2.75, 3.05) is 0 Å². The summed E-state index contributed by atoms with van der Waals surface area (Å²) in [7, 11) is 0. The molecule has 1 heterocycles. The highest BCUT2D eigenvalue weighted by Gasteiger charge is 2.34. The molecule has 0 aliphatic heterocycles. The lowest BCUT2D eigenvalue weighted by molar-refractivity contribution is -0.214. The van der Waals surface area contributed by atoms with E-state index < -0.39 is 6.30 Å². The Labute approximate surface area is 53.6 Å². The Morgan fingerprint density at radius 3 is 2.20 bits per heavy atom. The van der Waals surface area contributed by atoms with Crippen LogP contribution < -0.4 is 0 Å². The first-order chi connectivity index (χ1) is 4.52. The minimum absolute atomic E-state index is 0.201. The molecule has 0 radical (unpaired) electrons. The lowest BCUT2D eigenvalue weighted by Crippen LogP contribution is -2.19. The fourth-order valence-electron chi connectivity index (χ4n) is 0.466. The summed E-state index contributed by atoms with van der Waals surface area (Å²) in [6, 6.07) is 0. The van der Waals surface area contributed by atoms with E-state index in [1.165, 1.54) is 6.92 Å². The molecule has 0 fully saturated rings. The molecule has 7 heteroatoms. The summed E-state index contributed by atoms with van der Waals surface area (Å²) in [6.07, 6.45) is -4.51. The lowest BCUT2D eigenvalue weighted by Gasteiger charge is -2.03. The predicted octanol–water partition coefficient (Wildman–Crippen LogP) is 0.458. The third-order valence-corrected chi connectivity index (χ3v) is 0.866. The van der Waals surface area contributed by atoms with Crippen molar-refractivity contribution in [3.8, 4) is 0 Å². The molecule has 0 spiro atoms. The Morgan fingerprint density at radius 2 is 2.00 bits per heavy atom. The van der Waals surface area contributed by atoms with Gasteiger partial charge in [0.1, 0.15) is 0 Å². The van der Waals surface area contributed by atoms with E-state index in [4.69, 9.17) is 0 Å². The number of hydrogen-bond donors (Lipinski definition) is 0. The Balaban J connectivity index is 3.05. The van der Waals surface area contributed by atoms with Gasteiger partial charge in [-0.1, -0.05) is 0 Å². The van der Waals surface area contributed by atoms with Crippen LogP contribution in [0.5, 0.6) is 0 Å². The topological polar surface area (TPSA) is 43.6 Å². The van der Waals surface area contributed by atoms with E-state index in [9.17, 15) is 13.2 Å². The van der Waals surface area contributed by atoms with Gasteiger partial charge in [-0.05, 0) is 17.4 Å². The van der Waals surface area contributed by atoms with Crippen molar-refractivity contribution >= 4 is 0 Å². The smallest absolute Gasteiger partial charge is 0.149 e. The highest BCUT2D eigenvalue weighted by molar-refractivity contribution is 4.74. The van der Waals surface area contributed by atoms with Crippen LogP contribution in [0, 0.1) is 6.92 Å². The predicted molar refractivity (Wildman–Crippen MR) is 23.9 cm³/mol. The highest BCUT2D eigenvalue weighted by atomic mass is 19.4. The summed E-state index contributed by atoms with van der Waals surface area (Å²) >= 11 is 0. The van der Waals surface area contributed by atoms with Gasteiger partial charge in [0.05, 0.1) is 0 Å². The van der Waals surface area contributed by atoms with Gasteiger partial charge in [0.25, 0.3) is 0 Å². The van der Waals surface area contributed by atoms with Gasteiger partial charge >= 0.3 is 6.30 Å². The molecule has 0 saturated carbocycles. The van der Waals surface area contributed by atoms with Gasteiger partial charge in [-0.25, -0.2) is 0 Å². The number of nitrogens with zero attached hydrogens (tertiary/aromatic N) is 4. The Bertz CT molecular complexity index is 226. The second kappa shape index (κ2) is 1.93. The first-order valence-electron chi connectivity index (χ1n) is 2.34. The zero-order valence-corrected chi connectivity index (χ0v) is 4.92. The monoisotopic (exact) mass is 152 g/mol. The molecule has 0 unspecified atom stereocenters. The fourth-order valence-corrected chi connectivity index (χ4v) is 0.466. The third-order valence-electron chi connectivity index (χ3n) is 0.866. The molecular weight excluding hydrogens is 149 g/mol. The number of aryl methyl sites for hydroxylation is 1. The summed E-state index contributed by atoms with van der Waals surface area (Å²) in [5, 5.41) is 8.61. The molecule has 1 rings (SSSR count). The Kier molecular flexibility index (Phi) is 1.34. The van der Waals surface area contributed by atoms with Crippen LogP contribution in [0.3, 0.4) is 0 Å². The zero-order chi connectivity index (χ0) is 7.78. The molecule has 0 saturated heterocycles. The number of aromatic nitrogens is 4. The zero-order valence-electron chi connectivity index (χ0n) is 4.92. The maximum Gasteiger partial charge on any atom is 0.507 e. The quantitative estimate of drug-likeness (QED) is 0.542. The summed E-state index contributed by atoms with van der Waals surface area (Å²) in [5.41, 5.74) is 0. The van der Waals surface area contributed by atoms with Crippen LogP contribution >= 0.6 is 0 Å². The van der Waals surface area contributed by atoms with Crippen molar-refractivity contribution in [1.82, 2.24) is 20.2 Å². The summed E-state index contributed by atoms with van der Waals surface area (Å²) in [6.45, 7) is 1.17. The standard InChI is InChI=1S/C3H3F3N4/c1-2-7-8-9-10(2)3(4,5)6/h1H3. The maximum atomic E-state index is 11.7. The maximum absolute atomic E-state index is 11.7. The van der Waals surface area contributed by atoms with Crippen LogP contribution in [0.4, 0.5) is 13.2 Å². The minimum Gasteiger partial charge on any atom is -0.149 e. The Morgan fingerprint density at radius 1 is 1.40 bits per heavy atom. The molecule has 0 bridgehead atoms. The van der Waals surface area contributed by atoms with E-state index in [1.54, 1.807) is 0 Å². The van der Waals surface area contributed by atoms with Crippen molar-refractivity contribution < 1.29 is 13.2 Å². The number of alkyl halides is 3. The van der Waals surface area contributed by atoms with Gasteiger partial charge in [0, 0.05) is 0 Å². The second-order valence-corrected chi connectivity index (χ2v) is 1.61. The van der Waals surface area contributed by atoms with E-state index in [1.807, 2.05) is 0 Å². The Hall–Kier alpha value is -1.14. The summed E-state index contributed by atoms with van der Waals surface area (Å²) in [5.74, 6) is -0.271. The molecule has 56 valence electrons. The molecule has 1 aromatic heterocycles. The molecule has 0 aliphatic carbocycles. The van der Waals surface area contributed by atoms with Gasteiger partial charge in [-0.3, -0.25) is 0 Å². The van der Waals surface area contributed by atoms with Crippen LogP contribution in [-0.4, -0.2) is 20.2 Å². The van der Waals surface area contributed by atoms with E-state index >= 15 is 0 Å². The molecule has 4 nitrogen and oxygen atoms in total. The third kappa shape index (κ3) is 1.07. The molecule has 0 aliphatic rings. The molecule has 10 heavy (non-hydrogen) atoms. The molecule has 1 aromatic rings. The van der Waals surface area contributed by atoms with Crippen LogP contribution in [0.15, 0.2) is 0 Å². The average molecular weight is 152 g/mol. The van der Waals surface area contributed by atoms with E-state index in [0.29, 0.717) is 0 Å². The van der Waals surface area contributed by atoms with Crippen LogP contribution in [0.2, 0.25) is 0 Å². The van der Waals surface area contributed by atoms with Gasteiger partial charge in [0.15, 0.2) is 5.82 Å². The van der Waals surface area contributed by atoms with Crippen LogP contribution in [-0.2, 0) is 6.30 Å². The molecule has 0 amide bonds. The normalized spacial score (nSPS) is 12.0. The van der Waals surface area contributed by atoms with E-state index in [0.717, 1.165) is 0 Å². The van der Waals surface area contributed by atoms with Crippen LogP contribution in [0.1, 0.15) is 5.82 Å². The van der Waals surface area contributed by atoms with E-state index in [-0.39, 0.29) is 10.5 Å². The van der Waals surface area contributed by atoms with Crippen LogP contribution in [0.25, 0.3) is 0 Å². The SMILES string of the molecule is Cc1nnnn1C(F)(F)F. The van der Waals surface area contributed by atoms with Gasteiger partial charge in [-0.15, -0.1) is 23.0 Å².